The first-order chi connectivity index (χ1) is 10.9. The predicted molar refractivity (Wildman–Crippen MR) is 95.2 cm³/mol. The van der Waals surface area contributed by atoms with Gasteiger partial charge >= 0.3 is 0 Å². The van der Waals surface area contributed by atoms with Gasteiger partial charge < -0.3 is 4.90 Å². The van der Waals surface area contributed by atoms with E-state index in [-0.39, 0.29) is 5.54 Å². The molecule has 3 rings (SSSR count). The Balaban J connectivity index is 2.06. The van der Waals surface area contributed by atoms with Crippen molar-refractivity contribution in [3.63, 3.8) is 0 Å². The minimum atomic E-state index is -0.0206. The van der Waals surface area contributed by atoms with Crippen molar-refractivity contribution in [2.24, 2.45) is 5.10 Å². The van der Waals surface area contributed by atoms with Gasteiger partial charge in [0.15, 0.2) is 0 Å². The van der Waals surface area contributed by atoms with E-state index in [1.807, 2.05) is 6.07 Å². The molecule has 2 heterocycles. The molecule has 2 aromatic rings. The van der Waals surface area contributed by atoms with Crippen molar-refractivity contribution in [3.05, 3.63) is 47.0 Å². The molecule has 0 N–H and O–H groups in total. The second-order valence-corrected chi connectivity index (χ2v) is 6.61. The number of fused-ring (bicyclic) bond motifs is 1. The van der Waals surface area contributed by atoms with Gasteiger partial charge in [0.1, 0.15) is 12.7 Å². The molecular formula is C17H20ClN5. The Morgan fingerprint density at radius 3 is 2.61 bits per heavy atom. The van der Waals surface area contributed by atoms with Crippen LogP contribution in [0.15, 0.2) is 36.0 Å². The molecule has 0 unspecified atom stereocenters. The van der Waals surface area contributed by atoms with Crippen molar-refractivity contribution >= 4 is 29.1 Å². The zero-order chi connectivity index (χ0) is 16.6. The summed E-state index contributed by atoms with van der Waals surface area (Å²) in [5.41, 5.74) is 4.48. The highest BCUT2D eigenvalue weighted by atomic mass is 35.5. The summed E-state index contributed by atoms with van der Waals surface area (Å²) < 4.78 is 1.54. The molecule has 0 aliphatic carbocycles. The smallest absolute Gasteiger partial charge is 0.141 e. The summed E-state index contributed by atoms with van der Waals surface area (Å²) in [6.07, 6.45) is 7.10. The molecule has 1 aliphatic rings. The fourth-order valence-electron chi connectivity index (χ4n) is 3.18. The molecule has 0 amide bonds. The molecule has 23 heavy (non-hydrogen) atoms. The fraction of sp³-hybridized carbons (Fsp3) is 0.353. The average Bonchev–Trinajstić information content (AvgIpc) is 2.98. The Morgan fingerprint density at radius 2 is 1.96 bits per heavy atom. The number of rotatable bonds is 3. The van der Waals surface area contributed by atoms with Crippen LogP contribution < -0.4 is 4.90 Å². The van der Waals surface area contributed by atoms with Gasteiger partial charge in [0.05, 0.1) is 16.8 Å². The number of nitrogens with zero attached hydrogens (tertiary/aromatic N) is 5. The summed E-state index contributed by atoms with van der Waals surface area (Å²) in [5, 5.41) is 12.4. The van der Waals surface area contributed by atoms with Gasteiger partial charge in [0.2, 0.25) is 0 Å². The van der Waals surface area contributed by atoms with Gasteiger partial charge in [-0.1, -0.05) is 17.7 Å². The molecule has 120 valence electrons. The summed E-state index contributed by atoms with van der Waals surface area (Å²) in [6, 6.07) is 4.13. The summed E-state index contributed by atoms with van der Waals surface area (Å²) in [7, 11) is 0. The molecule has 6 heteroatoms. The van der Waals surface area contributed by atoms with E-state index in [1.54, 1.807) is 10.9 Å². The topological polar surface area (TPSA) is 46.3 Å². The van der Waals surface area contributed by atoms with Crippen LogP contribution in [0, 0.1) is 0 Å². The highest BCUT2D eigenvalue weighted by Crippen LogP contribution is 2.40. The Hall–Kier alpha value is -2.14. The van der Waals surface area contributed by atoms with E-state index in [0.29, 0.717) is 5.02 Å². The van der Waals surface area contributed by atoms with E-state index in [9.17, 15) is 0 Å². The number of halogens is 1. The van der Waals surface area contributed by atoms with Crippen molar-refractivity contribution < 1.29 is 0 Å². The Kier molecular flexibility index (Phi) is 3.98. The average molecular weight is 330 g/mol. The van der Waals surface area contributed by atoms with Crippen molar-refractivity contribution in [1.29, 1.82) is 0 Å². The van der Waals surface area contributed by atoms with E-state index in [1.165, 1.54) is 29.5 Å². The highest BCUT2D eigenvalue weighted by Gasteiger charge is 2.30. The van der Waals surface area contributed by atoms with E-state index >= 15 is 0 Å². The van der Waals surface area contributed by atoms with Crippen LogP contribution in [0.2, 0.25) is 5.02 Å². The highest BCUT2D eigenvalue weighted by molar-refractivity contribution is 6.33. The number of hydrogen-bond donors (Lipinski definition) is 0. The van der Waals surface area contributed by atoms with Gasteiger partial charge in [-0.2, -0.15) is 5.10 Å². The third-order valence-corrected chi connectivity index (χ3v) is 4.48. The first-order valence-electron chi connectivity index (χ1n) is 7.62. The second kappa shape index (κ2) is 5.81. The maximum absolute atomic E-state index is 6.49. The van der Waals surface area contributed by atoms with Crippen molar-refractivity contribution in [2.45, 2.75) is 33.2 Å². The molecule has 1 aliphatic heterocycles. The maximum Gasteiger partial charge on any atom is 0.141 e. The minimum absolute atomic E-state index is 0.0206. The lowest BCUT2D eigenvalue weighted by Gasteiger charge is -2.43. The SMILES string of the molecule is CCN1c2cc(Cl)c(/C=N\n3cnnc3)cc2C(C)=CC1(C)C. The lowest BCUT2D eigenvalue weighted by Crippen LogP contribution is -2.44. The number of hydrogen-bond acceptors (Lipinski definition) is 4. The summed E-state index contributed by atoms with van der Waals surface area (Å²) in [6.45, 7) is 9.67. The Labute approximate surface area is 141 Å². The molecule has 0 saturated carbocycles. The summed E-state index contributed by atoms with van der Waals surface area (Å²) in [4.78, 5) is 2.36. The quantitative estimate of drug-likeness (QED) is 0.804. The molecule has 0 radical (unpaired) electrons. The van der Waals surface area contributed by atoms with Crippen molar-refractivity contribution in [1.82, 2.24) is 14.9 Å². The third kappa shape index (κ3) is 2.88. The monoisotopic (exact) mass is 329 g/mol. The van der Waals surface area contributed by atoms with Gasteiger partial charge in [-0.05, 0) is 45.4 Å². The van der Waals surface area contributed by atoms with Crippen molar-refractivity contribution in [3.8, 4) is 0 Å². The van der Waals surface area contributed by atoms with Gasteiger partial charge in [-0.3, -0.25) is 0 Å². The predicted octanol–water partition coefficient (Wildman–Crippen LogP) is 3.84. The van der Waals surface area contributed by atoms with Crippen molar-refractivity contribution in [2.75, 3.05) is 11.4 Å². The van der Waals surface area contributed by atoms with Gasteiger partial charge in [0.25, 0.3) is 0 Å². The van der Waals surface area contributed by atoms with E-state index < -0.39 is 0 Å². The molecule has 0 saturated heterocycles. The van der Waals surface area contributed by atoms with Crippen LogP contribution in [0.25, 0.3) is 5.57 Å². The largest absolute Gasteiger partial charge is 0.363 e. The first-order valence-corrected chi connectivity index (χ1v) is 8.00. The van der Waals surface area contributed by atoms with Crippen LogP contribution in [0.5, 0.6) is 0 Å². The summed E-state index contributed by atoms with van der Waals surface area (Å²) >= 11 is 6.49. The Morgan fingerprint density at radius 1 is 1.26 bits per heavy atom. The molecule has 5 nitrogen and oxygen atoms in total. The first kappa shape index (κ1) is 15.7. The number of benzene rings is 1. The van der Waals surface area contributed by atoms with Gasteiger partial charge in [-0.25, -0.2) is 4.68 Å². The van der Waals surface area contributed by atoms with E-state index in [4.69, 9.17) is 11.6 Å². The zero-order valence-electron chi connectivity index (χ0n) is 13.8. The van der Waals surface area contributed by atoms with E-state index in [0.717, 1.165) is 12.1 Å². The number of likely N-dealkylation sites (N-methyl/N-ethyl adjacent to an activating group) is 1. The zero-order valence-corrected chi connectivity index (χ0v) is 14.5. The van der Waals surface area contributed by atoms with Crippen LogP contribution in [0.1, 0.15) is 38.8 Å². The number of allylic oxidation sites excluding steroid dienone is 1. The lowest BCUT2D eigenvalue weighted by molar-refractivity contribution is 0.566. The van der Waals surface area contributed by atoms with Gasteiger partial charge in [0, 0.05) is 23.4 Å². The van der Waals surface area contributed by atoms with Crippen LogP contribution in [0.4, 0.5) is 5.69 Å². The molecule has 1 aromatic heterocycles. The van der Waals surface area contributed by atoms with Crippen LogP contribution in [0.3, 0.4) is 0 Å². The maximum atomic E-state index is 6.49. The minimum Gasteiger partial charge on any atom is -0.363 e. The van der Waals surface area contributed by atoms with Crippen LogP contribution >= 0.6 is 11.6 Å². The molecule has 1 aromatic carbocycles. The molecular weight excluding hydrogens is 310 g/mol. The second-order valence-electron chi connectivity index (χ2n) is 6.20. The standard InChI is InChI=1S/C17H20ClN5/c1-5-23-16-7-15(18)13(9-21-22-10-19-20-11-22)6-14(16)12(2)8-17(23,3)4/h6-11H,5H2,1-4H3/b21-9-. The van der Waals surface area contributed by atoms with E-state index in [2.05, 4.69) is 60.0 Å². The fourth-order valence-corrected chi connectivity index (χ4v) is 3.38. The molecule has 0 fully saturated rings. The molecule has 0 atom stereocenters. The molecule has 0 bridgehead atoms. The normalized spacial score (nSPS) is 16.6. The number of anilines is 1. The van der Waals surface area contributed by atoms with Crippen LogP contribution in [-0.4, -0.2) is 33.2 Å². The number of aromatic nitrogens is 3. The van der Waals surface area contributed by atoms with Gasteiger partial charge in [-0.15, -0.1) is 10.2 Å². The summed E-state index contributed by atoms with van der Waals surface area (Å²) in [5.74, 6) is 0. The molecule has 0 spiro atoms. The van der Waals surface area contributed by atoms with Crippen LogP contribution in [-0.2, 0) is 0 Å². The Bertz CT molecular complexity index is 775. The third-order valence-electron chi connectivity index (χ3n) is 4.15. The lowest BCUT2D eigenvalue weighted by atomic mass is 9.88.